The predicted molar refractivity (Wildman–Crippen MR) is 23.8 cm³/mol. The Balaban J connectivity index is 2.14. The van der Waals surface area contributed by atoms with Gasteiger partial charge in [-0.15, -0.1) is 6.61 Å². The molecule has 0 aromatic heterocycles. The van der Waals surface area contributed by atoms with Gasteiger partial charge in [-0.3, -0.25) is 0 Å². The van der Waals surface area contributed by atoms with Crippen molar-refractivity contribution in [2.24, 2.45) is 0 Å². The lowest BCUT2D eigenvalue weighted by atomic mass is 10.2. The fourth-order valence-electron chi connectivity index (χ4n) is 0.776. The zero-order valence-electron chi connectivity index (χ0n) is 4.22. The molecule has 2 heteroatoms. The highest BCUT2D eigenvalue weighted by Crippen LogP contribution is 2.08. The standard InChI is InChI=1S/C5H9O2/c6-4-5-2-1-3-7-5/h5H,1-4H2/q-1. The molecule has 0 saturated carbocycles. The molecule has 0 radical (unpaired) electrons. The number of rotatable bonds is 1. The molecule has 0 amide bonds. The molecule has 0 bridgehead atoms. The molecule has 1 saturated heterocycles. The summed E-state index contributed by atoms with van der Waals surface area (Å²) in [7, 11) is 0. The Morgan fingerprint density at radius 2 is 2.57 bits per heavy atom. The Morgan fingerprint density at radius 3 is 2.86 bits per heavy atom. The van der Waals surface area contributed by atoms with Crippen molar-refractivity contribution in [2.45, 2.75) is 18.9 Å². The van der Waals surface area contributed by atoms with Crippen molar-refractivity contribution in [3.05, 3.63) is 0 Å². The second kappa shape index (κ2) is 2.28. The smallest absolute Gasteiger partial charge is 0.0470 e. The number of ether oxygens (including phenoxy) is 1. The van der Waals surface area contributed by atoms with Crippen molar-refractivity contribution >= 4 is 0 Å². The summed E-state index contributed by atoms with van der Waals surface area (Å²) in [5, 5.41) is 10.0. The molecule has 0 spiro atoms. The van der Waals surface area contributed by atoms with E-state index in [2.05, 4.69) is 0 Å². The maximum absolute atomic E-state index is 10.0. The molecule has 1 heterocycles. The van der Waals surface area contributed by atoms with Crippen LogP contribution in [-0.2, 0) is 4.74 Å². The van der Waals surface area contributed by atoms with E-state index in [4.69, 9.17) is 4.74 Å². The van der Waals surface area contributed by atoms with Gasteiger partial charge in [-0.2, -0.15) is 0 Å². The summed E-state index contributed by atoms with van der Waals surface area (Å²) in [6, 6.07) is 0. The lowest BCUT2D eigenvalue weighted by Crippen LogP contribution is -2.21. The zero-order valence-corrected chi connectivity index (χ0v) is 4.22. The topological polar surface area (TPSA) is 32.3 Å². The van der Waals surface area contributed by atoms with Crippen LogP contribution < -0.4 is 5.11 Å². The maximum Gasteiger partial charge on any atom is 0.0470 e. The first-order valence-electron chi connectivity index (χ1n) is 2.63. The molecular formula is C5H9O2-. The van der Waals surface area contributed by atoms with Crippen LogP contribution in [0.25, 0.3) is 0 Å². The van der Waals surface area contributed by atoms with Crippen LogP contribution in [0.4, 0.5) is 0 Å². The molecule has 42 valence electrons. The zero-order chi connectivity index (χ0) is 5.11. The summed E-state index contributed by atoms with van der Waals surface area (Å²) in [4.78, 5) is 0. The number of hydrogen-bond donors (Lipinski definition) is 0. The minimum absolute atomic E-state index is 0.0417. The largest absolute Gasteiger partial charge is 0.853 e. The molecule has 0 aromatic rings. The van der Waals surface area contributed by atoms with Gasteiger partial charge in [-0.05, 0) is 12.8 Å². The molecule has 0 N–H and O–H groups in total. The third-order valence-corrected chi connectivity index (χ3v) is 1.21. The van der Waals surface area contributed by atoms with E-state index < -0.39 is 0 Å². The molecule has 1 atom stereocenters. The lowest BCUT2D eigenvalue weighted by Gasteiger charge is -2.10. The van der Waals surface area contributed by atoms with E-state index >= 15 is 0 Å². The van der Waals surface area contributed by atoms with Crippen molar-refractivity contribution in [2.75, 3.05) is 13.2 Å². The van der Waals surface area contributed by atoms with Gasteiger partial charge in [0.1, 0.15) is 0 Å². The van der Waals surface area contributed by atoms with Crippen LogP contribution in [0.15, 0.2) is 0 Å². The molecule has 0 aliphatic carbocycles. The molecule has 1 rings (SSSR count). The molecule has 1 unspecified atom stereocenters. The highest BCUT2D eigenvalue weighted by atomic mass is 16.5. The van der Waals surface area contributed by atoms with E-state index in [-0.39, 0.29) is 12.7 Å². The van der Waals surface area contributed by atoms with Crippen LogP contribution >= 0.6 is 0 Å². The van der Waals surface area contributed by atoms with Crippen LogP contribution in [0.2, 0.25) is 0 Å². The Morgan fingerprint density at radius 1 is 1.71 bits per heavy atom. The third kappa shape index (κ3) is 1.14. The van der Waals surface area contributed by atoms with E-state index in [1.807, 2.05) is 0 Å². The van der Waals surface area contributed by atoms with Crippen LogP contribution in [0.1, 0.15) is 12.8 Å². The first-order valence-corrected chi connectivity index (χ1v) is 2.63. The van der Waals surface area contributed by atoms with Gasteiger partial charge >= 0.3 is 0 Å². The van der Waals surface area contributed by atoms with E-state index in [1.54, 1.807) is 0 Å². The van der Waals surface area contributed by atoms with Crippen LogP contribution in [0.5, 0.6) is 0 Å². The SMILES string of the molecule is [O-]CC1CCCO1. The summed E-state index contributed by atoms with van der Waals surface area (Å²) >= 11 is 0. The second-order valence-electron chi connectivity index (χ2n) is 1.80. The highest BCUT2D eigenvalue weighted by Gasteiger charge is 2.08. The molecule has 7 heavy (non-hydrogen) atoms. The van der Waals surface area contributed by atoms with Gasteiger partial charge in [0.15, 0.2) is 0 Å². The summed E-state index contributed by atoms with van der Waals surface area (Å²) < 4.78 is 4.99. The summed E-state index contributed by atoms with van der Waals surface area (Å²) in [5.41, 5.74) is 0. The predicted octanol–water partition coefficient (Wildman–Crippen LogP) is -0.474. The van der Waals surface area contributed by atoms with Gasteiger partial charge in [0, 0.05) is 12.7 Å². The van der Waals surface area contributed by atoms with E-state index in [0.29, 0.717) is 0 Å². The van der Waals surface area contributed by atoms with E-state index in [1.165, 1.54) is 0 Å². The van der Waals surface area contributed by atoms with Crippen LogP contribution in [-0.4, -0.2) is 19.3 Å². The molecule has 0 aromatic carbocycles. The average Bonchev–Trinajstić information content (AvgIpc) is 2.14. The van der Waals surface area contributed by atoms with Crippen molar-refractivity contribution in [1.82, 2.24) is 0 Å². The van der Waals surface area contributed by atoms with Crippen molar-refractivity contribution in [3.63, 3.8) is 0 Å². The van der Waals surface area contributed by atoms with Gasteiger partial charge in [0.25, 0.3) is 0 Å². The Labute approximate surface area is 43.1 Å². The van der Waals surface area contributed by atoms with Crippen molar-refractivity contribution in [1.29, 1.82) is 0 Å². The van der Waals surface area contributed by atoms with E-state index in [0.717, 1.165) is 19.4 Å². The summed E-state index contributed by atoms with van der Waals surface area (Å²) in [5.74, 6) is 0. The molecule has 2 nitrogen and oxygen atoms in total. The maximum atomic E-state index is 10.0. The summed E-state index contributed by atoms with van der Waals surface area (Å²) in [6.07, 6.45) is 2.09. The average molecular weight is 101 g/mol. The van der Waals surface area contributed by atoms with Crippen molar-refractivity contribution < 1.29 is 9.84 Å². The minimum atomic E-state index is -0.0556. The van der Waals surface area contributed by atoms with Crippen LogP contribution in [0, 0.1) is 0 Å². The Kier molecular flexibility index (Phi) is 1.65. The summed E-state index contributed by atoms with van der Waals surface area (Å²) in [6.45, 7) is 0.743. The molecule has 1 aliphatic rings. The first-order chi connectivity index (χ1) is 3.43. The van der Waals surface area contributed by atoms with E-state index in [9.17, 15) is 5.11 Å². The number of hydrogen-bond acceptors (Lipinski definition) is 2. The van der Waals surface area contributed by atoms with Gasteiger partial charge in [0.05, 0.1) is 0 Å². The highest BCUT2D eigenvalue weighted by molar-refractivity contribution is 4.60. The van der Waals surface area contributed by atoms with Gasteiger partial charge in [-0.1, -0.05) is 0 Å². The van der Waals surface area contributed by atoms with Gasteiger partial charge < -0.3 is 9.84 Å². The lowest BCUT2D eigenvalue weighted by molar-refractivity contribution is -0.383. The van der Waals surface area contributed by atoms with Gasteiger partial charge in [0.2, 0.25) is 0 Å². The van der Waals surface area contributed by atoms with Gasteiger partial charge in [-0.25, -0.2) is 0 Å². The molecule has 1 fully saturated rings. The second-order valence-corrected chi connectivity index (χ2v) is 1.80. The fraction of sp³-hybridized carbons (Fsp3) is 1.00. The van der Waals surface area contributed by atoms with Crippen molar-refractivity contribution in [3.8, 4) is 0 Å². The third-order valence-electron chi connectivity index (χ3n) is 1.21. The quantitative estimate of drug-likeness (QED) is 0.447. The molecule has 1 aliphatic heterocycles. The monoisotopic (exact) mass is 101 g/mol. The van der Waals surface area contributed by atoms with Crippen LogP contribution in [0.3, 0.4) is 0 Å². The first kappa shape index (κ1) is 5.06. The fourth-order valence-corrected chi connectivity index (χ4v) is 0.776. The Bertz CT molecular complexity index is 48.0. The minimum Gasteiger partial charge on any atom is -0.853 e. The molecular weight excluding hydrogens is 92.1 g/mol. The Hall–Kier alpha value is -0.0800. The normalized spacial score (nSPS) is 31.3.